The van der Waals surface area contributed by atoms with E-state index in [0.717, 1.165) is 6.92 Å². The van der Waals surface area contributed by atoms with Gasteiger partial charge in [0.15, 0.2) is 0 Å². The number of aromatic nitrogens is 3. The van der Waals surface area contributed by atoms with Crippen molar-refractivity contribution < 1.29 is 8.78 Å². The lowest BCUT2D eigenvalue weighted by atomic mass is 10.2. The fourth-order valence-electron chi connectivity index (χ4n) is 1.59. The number of fused-ring (bicyclic) bond motifs is 1. The monoisotopic (exact) mass is 202 g/mol. The molecule has 1 atom stereocenters. The molecule has 78 valence electrons. The Morgan fingerprint density at radius 2 is 2.21 bits per heavy atom. The average Bonchev–Trinajstić information content (AvgIpc) is 2.45. The second kappa shape index (κ2) is 2.98. The van der Waals surface area contributed by atoms with Gasteiger partial charge in [0.05, 0.1) is 6.54 Å². The molecule has 4 nitrogen and oxygen atoms in total. The summed E-state index contributed by atoms with van der Waals surface area (Å²) in [6, 6.07) is 0.180. The van der Waals surface area contributed by atoms with Gasteiger partial charge >= 0.3 is 5.92 Å². The maximum atomic E-state index is 13.1. The van der Waals surface area contributed by atoms with Gasteiger partial charge in [-0.1, -0.05) is 0 Å². The van der Waals surface area contributed by atoms with Crippen LogP contribution in [0.2, 0.25) is 0 Å². The molecule has 0 aliphatic carbocycles. The first kappa shape index (κ1) is 9.51. The van der Waals surface area contributed by atoms with E-state index in [-0.39, 0.29) is 11.9 Å². The summed E-state index contributed by atoms with van der Waals surface area (Å²) in [6.45, 7) is 3.79. The van der Waals surface area contributed by atoms with Crippen LogP contribution in [-0.2, 0) is 19.0 Å². The topological polar surface area (TPSA) is 42.7 Å². The van der Waals surface area contributed by atoms with Crippen molar-refractivity contribution in [3.8, 4) is 0 Å². The summed E-state index contributed by atoms with van der Waals surface area (Å²) in [4.78, 5) is 0. The molecule has 1 aromatic rings. The molecule has 0 radical (unpaired) electrons. The summed E-state index contributed by atoms with van der Waals surface area (Å²) in [5.41, 5.74) is 0. The summed E-state index contributed by atoms with van der Waals surface area (Å²) >= 11 is 0. The zero-order valence-corrected chi connectivity index (χ0v) is 8.09. The predicted molar refractivity (Wildman–Crippen MR) is 45.9 cm³/mol. The van der Waals surface area contributed by atoms with Gasteiger partial charge < -0.3 is 9.88 Å². The van der Waals surface area contributed by atoms with Crippen molar-refractivity contribution in [1.29, 1.82) is 0 Å². The molecule has 6 heteroatoms. The largest absolute Gasteiger partial charge is 0.307 e. The first-order valence-electron chi connectivity index (χ1n) is 4.52. The van der Waals surface area contributed by atoms with Gasteiger partial charge in [-0.05, 0) is 6.92 Å². The van der Waals surface area contributed by atoms with E-state index in [9.17, 15) is 8.78 Å². The predicted octanol–water partition coefficient (Wildman–Crippen LogP) is 0.881. The highest BCUT2D eigenvalue weighted by Gasteiger charge is 2.34. The summed E-state index contributed by atoms with van der Waals surface area (Å²) in [6.07, 6.45) is 0. The fraction of sp³-hybridized carbons (Fsp3) is 0.750. The van der Waals surface area contributed by atoms with Crippen molar-refractivity contribution in [2.75, 3.05) is 0 Å². The van der Waals surface area contributed by atoms with E-state index in [1.165, 1.54) is 4.57 Å². The van der Waals surface area contributed by atoms with E-state index in [1.54, 1.807) is 0 Å². The van der Waals surface area contributed by atoms with Crippen LogP contribution >= 0.6 is 0 Å². The Morgan fingerprint density at radius 3 is 2.86 bits per heavy atom. The van der Waals surface area contributed by atoms with Gasteiger partial charge in [0.1, 0.15) is 5.82 Å². The molecule has 0 saturated heterocycles. The van der Waals surface area contributed by atoms with Crippen molar-refractivity contribution in [3.05, 3.63) is 11.6 Å². The standard InChI is InChI=1S/C8H12F2N4/c1-5-4-14-6(3-11-5)12-13-7(14)8(2,9)10/h5,11H,3-4H2,1-2H3/t5-/m0/s1. The van der Waals surface area contributed by atoms with Gasteiger partial charge in [0.2, 0.25) is 5.82 Å². The molecular weight excluding hydrogens is 190 g/mol. The third kappa shape index (κ3) is 1.50. The Morgan fingerprint density at radius 1 is 1.50 bits per heavy atom. The van der Waals surface area contributed by atoms with E-state index in [1.807, 2.05) is 6.92 Å². The quantitative estimate of drug-likeness (QED) is 0.735. The minimum atomic E-state index is -2.91. The minimum Gasteiger partial charge on any atom is -0.307 e. The van der Waals surface area contributed by atoms with Crippen molar-refractivity contribution in [2.45, 2.75) is 38.9 Å². The molecule has 1 aliphatic heterocycles. The molecule has 14 heavy (non-hydrogen) atoms. The van der Waals surface area contributed by atoms with Crippen molar-refractivity contribution in [3.63, 3.8) is 0 Å². The molecule has 0 amide bonds. The Hall–Kier alpha value is -1.04. The smallest absolute Gasteiger partial charge is 0.304 e. The third-order valence-electron chi connectivity index (χ3n) is 2.29. The lowest BCUT2D eigenvalue weighted by Gasteiger charge is -2.23. The highest BCUT2D eigenvalue weighted by atomic mass is 19.3. The molecule has 2 heterocycles. The SMILES string of the molecule is C[C@H]1Cn2c(nnc2C(C)(F)F)CN1. The molecule has 2 rings (SSSR count). The zero-order chi connectivity index (χ0) is 10.3. The van der Waals surface area contributed by atoms with Crippen LogP contribution in [0.1, 0.15) is 25.5 Å². The number of hydrogen-bond donors (Lipinski definition) is 1. The molecule has 0 bridgehead atoms. The van der Waals surface area contributed by atoms with Crippen LogP contribution in [0, 0.1) is 0 Å². The molecule has 0 aromatic carbocycles. The molecule has 0 unspecified atom stereocenters. The van der Waals surface area contributed by atoms with Gasteiger partial charge in [-0.2, -0.15) is 8.78 Å². The van der Waals surface area contributed by atoms with E-state index in [4.69, 9.17) is 0 Å². The summed E-state index contributed by atoms with van der Waals surface area (Å²) < 4.78 is 27.6. The highest BCUT2D eigenvalue weighted by Crippen LogP contribution is 2.26. The van der Waals surface area contributed by atoms with Crippen LogP contribution in [0.3, 0.4) is 0 Å². The van der Waals surface area contributed by atoms with Crippen LogP contribution in [0.25, 0.3) is 0 Å². The van der Waals surface area contributed by atoms with Crippen molar-refractivity contribution >= 4 is 0 Å². The lowest BCUT2D eigenvalue weighted by molar-refractivity contribution is 0.00273. The second-order valence-corrected chi connectivity index (χ2v) is 3.72. The van der Waals surface area contributed by atoms with Crippen LogP contribution < -0.4 is 5.32 Å². The first-order chi connectivity index (χ1) is 6.48. The Labute approximate surface area is 80.3 Å². The molecule has 1 N–H and O–H groups in total. The van der Waals surface area contributed by atoms with Gasteiger partial charge in [-0.3, -0.25) is 0 Å². The number of rotatable bonds is 1. The van der Waals surface area contributed by atoms with Crippen LogP contribution in [0.5, 0.6) is 0 Å². The van der Waals surface area contributed by atoms with Crippen molar-refractivity contribution in [1.82, 2.24) is 20.1 Å². The second-order valence-electron chi connectivity index (χ2n) is 3.72. The molecule has 1 aliphatic rings. The normalized spacial score (nSPS) is 22.1. The summed E-state index contributed by atoms with van der Waals surface area (Å²) in [7, 11) is 0. The van der Waals surface area contributed by atoms with Gasteiger partial charge in [0, 0.05) is 19.5 Å². The molecule has 0 fully saturated rings. The maximum absolute atomic E-state index is 13.1. The van der Waals surface area contributed by atoms with E-state index in [2.05, 4.69) is 15.5 Å². The maximum Gasteiger partial charge on any atom is 0.304 e. The van der Waals surface area contributed by atoms with Gasteiger partial charge in [-0.15, -0.1) is 10.2 Å². The fourth-order valence-corrected chi connectivity index (χ4v) is 1.59. The van der Waals surface area contributed by atoms with Crippen molar-refractivity contribution in [2.24, 2.45) is 0 Å². The van der Waals surface area contributed by atoms with Crippen LogP contribution in [0.15, 0.2) is 0 Å². The van der Waals surface area contributed by atoms with Crippen LogP contribution in [-0.4, -0.2) is 20.8 Å². The average molecular weight is 202 g/mol. The number of hydrogen-bond acceptors (Lipinski definition) is 3. The molecule has 1 aromatic heterocycles. The van der Waals surface area contributed by atoms with Gasteiger partial charge in [-0.25, -0.2) is 0 Å². The lowest BCUT2D eigenvalue weighted by Crippen LogP contribution is -2.38. The molecule has 0 saturated carbocycles. The van der Waals surface area contributed by atoms with E-state index < -0.39 is 5.92 Å². The van der Waals surface area contributed by atoms with E-state index >= 15 is 0 Å². The Bertz CT molecular complexity index is 342. The minimum absolute atomic E-state index is 0.180. The van der Waals surface area contributed by atoms with Gasteiger partial charge in [0.25, 0.3) is 0 Å². The van der Waals surface area contributed by atoms with Crippen LogP contribution in [0.4, 0.5) is 8.78 Å². The number of nitrogens with zero attached hydrogens (tertiary/aromatic N) is 3. The van der Waals surface area contributed by atoms with E-state index in [0.29, 0.717) is 18.9 Å². The number of halogens is 2. The number of nitrogens with one attached hydrogen (secondary N) is 1. The molecule has 0 spiro atoms. The Kier molecular flexibility index (Phi) is 2.02. The highest BCUT2D eigenvalue weighted by molar-refractivity contribution is 5.04. The summed E-state index contributed by atoms with van der Waals surface area (Å²) in [5.74, 6) is -2.57. The molecular formula is C8H12F2N4. The number of alkyl halides is 2. The Balaban J connectivity index is 2.41. The zero-order valence-electron chi connectivity index (χ0n) is 8.09. The third-order valence-corrected chi connectivity index (χ3v) is 2.29. The first-order valence-corrected chi connectivity index (χ1v) is 4.52. The summed E-state index contributed by atoms with van der Waals surface area (Å²) in [5, 5.41) is 10.4.